The summed E-state index contributed by atoms with van der Waals surface area (Å²) in [5.74, 6) is 7.30. The highest BCUT2D eigenvalue weighted by molar-refractivity contribution is 7.99. The maximum atomic E-state index is 12.3. The lowest BCUT2D eigenvalue weighted by Gasteiger charge is -2.09. The molecular formula is C21H24N6O5S. The lowest BCUT2D eigenvalue weighted by atomic mass is 10.0. The number of thioether (sulfide) groups is 1. The third-order valence-corrected chi connectivity index (χ3v) is 5.60. The summed E-state index contributed by atoms with van der Waals surface area (Å²) in [6.45, 7) is 4.34. The summed E-state index contributed by atoms with van der Waals surface area (Å²) < 4.78 is 11.9. The Balaban J connectivity index is 1.56. The lowest BCUT2D eigenvalue weighted by molar-refractivity contribution is -0.384. The molecule has 12 heteroatoms. The average Bonchev–Trinajstić information content (AvgIpc) is 3.15. The molecule has 33 heavy (non-hydrogen) atoms. The summed E-state index contributed by atoms with van der Waals surface area (Å²) in [7, 11) is 1.40. The Kier molecular flexibility index (Phi) is 7.72. The highest BCUT2D eigenvalue weighted by atomic mass is 32.2. The van der Waals surface area contributed by atoms with Crippen molar-refractivity contribution in [1.82, 2.24) is 14.9 Å². The summed E-state index contributed by atoms with van der Waals surface area (Å²) in [6, 6.07) is 11.9. The monoisotopic (exact) mass is 472 g/mol. The van der Waals surface area contributed by atoms with Crippen molar-refractivity contribution < 1.29 is 19.2 Å². The number of methoxy groups -OCH3 is 1. The van der Waals surface area contributed by atoms with Crippen molar-refractivity contribution in [3.8, 4) is 11.5 Å². The number of ether oxygens (including phenoxy) is 2. The van der Waals surface area contributed by atoms with Crippen molar-refractivity contribution in [3.63, 3.8) is 0 Å². The molecule has 0 radical (unpaired) electrons. The second-order valence-electron chi connectivity index (χ2n) is 7.26. The highest BCUT2D eigenvalue weighted by Gasteiger charge is 2.18. The van der Waals surface area contributed by atoms with Crippen LogP contribution in [0.3, 0.4) is 0 Å². The number of nitro groups is 1. The Morgan fingerprint density at radius 1 is 1.21 bits per heavy atom. The predicted molar refractivity (Wildman–Crippen MR) is 124 cm³/mol. The summed E-state index contributed by atoms with van der Waals surface area (Å²) in [5.41, 5.74) is 1.01. The number of rotatable bonds is 10. The number of hydrogen-bond donors (Lipinski definition) is 2. The Bertz CT molecular complexity index is 1130. The Hall–Kier alpha value is -3.80. The fraction of sp³-hybridized carbons (Fsp3) is 0.286. The molecule has 3 rings (SSSR count). The molecule has 0 aliphatic rings. The van der Waals surface area contributed by atoms with E-state index in [0.717, 1.165) is 11.8 Å². The maximum Gasteiger partial charge on any atom is 0.296 e. The number of anilines is 1. The van der Waals surface area contributed by atoms with Gasteiger partial charge in [0.15, 0.2) is 5.82 Å². The average molecular weight is 473 g/mol. The molecule has 0 atom stereocenters. The van der Waals surface area contributed by atoms with Gasteiger partial charge >= 0.3 is 0 Å². The van der Waals surface area contributed by atoms with Crippen molar-refractivity contribution in [3.05, 3.63) is 64.0 Å². The molecule has 0 saturated carbocycles. The van der Waals surface area contributed by atoms with Gasteiger partial charge in [0, 0.05) is 0 Å². The van der Waals surface area contributed by atoms with E-state index in [2.05, 4.69) is 29.4 Å². The van der Waals surface area contributed by atoms with Gasteiger partial charge in [-0.15, -0.1) is 10.2 Å². The number of nitro benzene ring substituents is 1. The minimum absolute atomic E-state index is 0.0678. The number of benzene rings is 2. The highest BCUT2D eigenvalue weighted by Crippen LogP contribution is 2.29. The number of nitrogens with zero attached hydrogens (tertiary/aromatic N) is 4. The van der Waals surface area contributed by atoms with E-state index >= 15 is 0 Å². The molecule has 11 nitrogen and oxygen atoms in total. The van der Waals surface area contributed by atoms with E-state index in [1.54, 1.807) is 0 Å². The summed E-state index contributed by atoms with van der Waals surface area (Å²) in [6.07, 6.45) is 0. The van der Waals surface area contributed by atoms with E-state index in [9.17, 15) is 14.9 Å². The molecule has 3 N–H and O–H groups in total. The second kappa shape index (κ2) is 10.7. The van der Waals surface area contributed by atoms with Gasteiger partial charge in [0.25, 0.3) is 5.69 Å². The first-order chi connectivity index (χ1) is 15.8. The zero-order valence-electron chi connectivity index (χ0n) is 18.3. The van der Waals surface area contributed by atoms with Gasteiger partial charge in [-0.3, -0.25) is 14.9 Å². The van der Waals surface area contributed by atoms with Crippen molar-refractivity contribution >= 4 is 29.0 Å². The van der Waals surface area contributed by atoms with E-state index < -0.39 is 10.8 Å². The van der Waals surface area contributed by atoms with Gasteiger partial charge in [-0.2, -0.15) is 0 Å². The molecule has 174 valence electrons. The molecule has 0 saturated heterocycles. The van der Waals surface area contributed by atoms with Crippen molar-refractivity contribution in [2.75, 3.05) is 24.0 Å². The fourth-order valence-corrected chi connectivity index (χ4v) is 3.49. The quantitative estimate of drug-likeness (QED) is 0.196. The van der Waals surface area contributed by atoms with Crippen molar-refractivity contribution in [1.29, 1.82) is 0 Å². The molecule has 1 heterocycles. The molecule has 3 aromatic rings. The van der Waals surface area contributed by atoms with Gasteiger partial charge in [0.2, 0.25) is 11.1 Å². The number of carbonyl (C=O) groups is 1. The topological polar surface area (TPSA) is 147 Å². The normalized spacial score (nSPS) is 10.8. The second-order valence-corrected chi connectivity index (χ2v) is 8.20. The van der Waals surface area contributed by atoms with Gasteiger partial charge in [-0.05, 0) is 35.7 Å². The molecule has 0 spiro atoms. The van der Waals surface area contributed by atoms with Crippen molar-refractivity contribution in [2.24, 2.45) is 0 Å². The van der Waals surface area contributed by atoms with Crippen LogP contribution in [0.5, 0.6) is 11.5 Å². The number of hydrogen-bond acceptors (Lipinski definition) is 9. The maximum absolute atomic E-state index is 12.3. The first-order valence-electron chi connectivity index (χ1n) is 9.95. The Labute approximate surface area is 194 Å². The minimum Gasteiger partial charge on any atom is -0.496 e. The third-order valence-electron chi connectivity index (χ3n) is 4.66. The van der Waals surface area contributed by atoms with E-state index in [1.807, 2.05) is 24.3 Å². The van der Waals surface area contributed by atoms with Crippen LogP contribution in [0.25, 0.3) is 0 Å². The first-order valence-corrected chi connectivity index (χ1v) is 10.9. The van der Waals surface area contributed by atoms with Gasteiger partial charge in [-0.25, -0.2) is 4.68 Å². The number of nitrogen functional groups attached to an aromatic ring is 1. The molecule has 0 aliphatic heterocycles. The lowest BCUT2D eigenvalue weighted by Crippen LogP contribution is -2.18. The molecule has 0 aliphatic carbocycles. The van der Waals surface area contributed by atoms with E-state index in [1.165, 1.54) is 35.5 Å². The van der Waals surface area contributed by atoms with E-state index in [-0.39, 0.29) is 23.7 Å². The van der Waals surface area contributed by atoms with Crippen LogP contribution in [0.4, 0.5) is 11.4 Å². The summed E-state index contributed by atoms with van der Waals surface area (Å²) >= 11 is 1.05. The molecule has 0 fully saturated rings. The molecule has 2 aromatic carbocycles. The zero-order valence-corrected chi connectivity index (χ0v) is 19.2. The van der Waals surface area contributed by atoms with Crippen molar-refractivity contribution in [2.45, 2.75) is 31.5 Å². The van der Waals surface area contributed by atoms with Crippen LogP contribution in [0, 0.1) is 10.1 Å². The van der Waals surface area contributed by atoms with E-state index in [4.69, 9.17) is 15.3 Å². The van der Waals surface area contributed by atoms with Gasteiger partial charge in [0.05, 0.1) is 23.9 Å². The predicted octanol–water partition coefficient (Wildman–Crippen LogP) is 3.34. The first kappa shape index (κ1) is 23.9. The zero-order chi connectivity index (χ0) is 24.0. The van der Waals surface area contributed by atoms with E-state index in [0.29, 0.717) is 28.4 Å². The Morgan fingerprint density at radius 2 is 1.91 bits per heavy atom. The minimum atomic E-state index is -0.593. The summed E-state index contributed by atoms with van der Waals surface area (Å²) in [4.78, 5) is 23.0. The standard InChI is InChI=1S/C21H24N6O5S/c1-13(2)14-4-6-15(7-5-14)32-11-19-24-25-21(26(19)22)33-12-20(28)23-17-9-8-16(31-3)10-18(17)27(29)30/h4-10,13H,11-12,22H2,1-3H3,(H,23,28). The molecule has 0 unspecified atom stereocenters. The van der Waals surface area contributed by atoms with Gasteiger partial charge < -0.3 is 20.6 Å². The van der Waals surface area contributed by atoms with Crippen LogP contribution >= 0.6 is 11.8 Å². The van der Waals surface area contributed by atoms with Crippen LogP contribution in [0.1, 0.15) is 31.2 Å². The number of carbonyl (C=O) groups excluding carboxylic acids is 1. The molecule has 1 aromatic heterocycles. The van der Waals surface area contributed by atoms with Crippen LogP contribution in [-0.2, 0) is 11.4 Å². The molecular weight excluding hydrogens is 448 g/mol. The van der Waals surface area contributed by atoms with Gasteiger partial charge in [-0.1, -0.05) is 37.7 Å². The third kappa shape index (κ3) is 6.13. The largest absolute Gasteiger partial charge is 0.496 e. The van der Waals surface area contributed by atoms with Gasteiger partial charge in [0.1, 0.15) is 23.8 Å². The number of aromatic nitrogens is 3. The number of nitrogens with two attached hydrogens (primary N) is 1. The van der Waals surface area contributed by atoms with Crippen LogP contribution in [-0.4, -0.2) is 38.6 Å². The fourth-order valence-electron chi connectivity index (χ4n) is 2.81. The van der Waals surface area contributed by atoms with Crippen LogP contribution in [0.15, 0.2) is 47.6 Å². The summed E-state index contributed by atoms with van der Waals surface area (Å²) in [5, 5.41) is 22.1. The Morgan fingerprint density at radius 3 is 2.55 bits per heavy atom. The molecule has 0 bridgehead atoms. The van der Waals surface area contributed by atoms with Crippen LogP contribution < -0.4 is 20.6 Å². The smallest absolute Gasteiger partial charge is 0.296 e. The SMILES string of the molecule is COc1ccc(NC(=O)CSc2nnc(COc3ccc(C(C)C)cc3)n2N)c([N+](=O)[O-])c1. The van der Waals surface area contributed by atoms with Crippen LogP contribution in [0.2, 0.25) is 0 Å². The number of amides is 1. The molecule has 1 amide bonds. The number of nitrogens with one attached hydrogen (secondary N) is 1.